The molecule has 2 atom stereocenters. The molecule has 0 bridgehead atoms. The summed E-state index contributed by atoms with van der Waals surface area (Å²) in [6.07, 6.45) is 1.15. The molecule has 2 rings (SSSR count). The van der Waals surface area contributed by atoms with E-state index in [0.717, 1.165) is 29.7 Å². The molecule has 88 valence electrons. The summed E-state index contributed by atoms with van der Waals surface area (Å²) in [6, 6.07) is 7.96. The molecule has 3 nitrogen and oxygen atoms in total. The zero-order valence-corrected chi connectivity index (χ0v) is 10.7. The number of halogens is 1. The summed E-state index contributed by atoms with van der Waals surface area (Å²) in [7, 11) is 0. The van der Waals surface area contributed by atoms with Crippen molar-refractivity contribution in [2.75, 3.05) is 19.7 Å². The molecule has 1 saturated heterocycles. The lowest BCUT2D eigenvalue weighted by atomic mass is 10.0. The molecule has 16 heavy (non-hydrogen) atoms. The van der Waals surface area contributed by atoms with E-state index in [2.05, 4.69) is 21.2 Å². The van der Waals surface area contributed by atoms with Crippen molar-refractivity contribution >= 4 is 15.9 Å². The van der Waals surface area contributed by atoms with Gasteiger partial charge < -0.3 is 15.8 Å². The van der Waals surface area contributed by atoms with Crippen LogP contribution in [0.5, 0.6) is 5.75 Å². The molecule has 1 fully saturated rings. The fraction of sp³-hybridized carbons (Fsp3) is 0.500. The smallest absolute Gasteiger partial charge is 0.133 e. The van der Waals surface area contributed by atoms with Crippen LogP contribution >= 0.6 is 15.9 Å². The van der Waals surface area contributed by atoms with Crippen LogP contribution in [0.25, 0.3) is 0 Å². The van der Waals surface area contributed by atoms with Gasteiger partial charge in [-0.3, -0.25) is 0 Å². The van der Waals surface area contributed by atoms with E-state index in [1.54, 1.807) is 0 Å². The SMILES string of the molecule is NC(COc1ccccc1Br)C1CCNC1. The van der Waals surface area contributed by atoms with Gasteiger partial charge in [-0.25, -0.2) is 0 Å². The van der Waals surface area contributed by atoms with Crippen molar-refractivity contribution in [1.82, 2.24) is 5.32 Å². The van der Waals surface area contributed by atoms with Crippen molar-refractivity contribution in [3.8, 4) is 5.75 Å². The van der Waals surface area contributed by atoms with Crippen molar-refractivity contribution in [3.63, 3.8) is 0 Å². The van der Waals surface area contributed by atoms with Crippen LogP contribution in [0.15, 0.2) is 28.7 Å². The van der Waals surface area contributed by atoms with Crippen molar-refractivity contribution in [2.24, 2.45) is 11.7 Å². The molecule has 1 heterocycles. The first-order valence-corrected chi connectivity index (χ1v) is 6.40. The van der Waals surface area contributed by atoms with Crippen LogP contribution in [0.1, 0.15) is 6.42 Å². The highest BCUT2D eigenvalue weighted by Gasteiger charge is 2.22. The highest BCUT2D eigenvalue weighted by atomic mass is 79.9. The summed E-state index contributed by atoms with van der Waals surface area (Å²) in [6.45, 7) is 2.67. The first-order valence-electron chi connectivity index (χ1n) is 5.61. The molecule has 1 aromatic rings. The van der Waals surface area contributed by atoms with Gasteiger partial charge in [0.1, 0.15) is 12.4 Å². The van der Waals surface area contributed by atoms with Crippen molar-refractivity contribution in [3.05, 3.63) is 28.7 Å². The number of hydrogen-bond donors (Lipinski definition) is 2. The predicted molar refractivity (Wildman–Crippen MR) is 68.6 cm³/mol. The van der Waals surface area contributed by atoms with Crippen molar-refractivity contribution in [2.45, 2.75) is 12.5 Å². The fourth-order valence-electron chi connectivity index (χ4n) is 1.93. The van der Waals surface area contributed by atoms with Crippen LogP contribution in [-0.4, -0.2) is 25.7 Å². The highest BCUT2D eigenvalue weighted by Crippen LogP contribution is 2.24. The minimum absolute atomic E-state index is 0.113. The van der Waals surface area contributed by atoms with E-state index in [-0.39, 0.29) is 6.04 Å². The Hall–Kier alpha value is -0.580. The maximum atomic E-state index is 6.10. The molecule has 1 aliphatic heterocycles. The molecular weight excluding hydrogens is 268 g/mol. The van der Waals surface area contributed by atoms with E-state index in [1.807, 2.05) is 24.3 Å². The lowest BCUT2D eigenvalue weighted by molar-refractivity contribution is 0.251. The molecule has 0 saturated carbocycles. The summed E-state index contributed by atoms with van der Waals surface area (Å²) < 4.78 is 6.69. The Balaban J connectivity index is 1.84. The molecule has 3 N–H and O–H groups in total. The molecule has 4 heteroatoms. The number of rotatable bonds is 4. The van der Waals surface area contributed by atoms with E-state index in [0.29, 0.717) is 12.5 Å². The average molecular weight is 285 g/mol. The topological polar surface area (TPSA) is 47.3 Å². The molecule has 2 unspecified atom stereocenters. The molecule has 0 radical (unpaired) electrons. The molecule has 0 aromatic heterocycles. The number of ether oxygens (including phenoxy) is 1. The second kappa shape index (κ2) is 5.66. The molecular formula is C12H17BrN2O. The van der Waals surface area contributed by atoms with Gasteiger partial charge in [-0.2, -0.15) is 0 Å². The van der Waals surface area contributed by atoms with Gasteiger partial charge in [0.2, 0.25) is 0 Å². The van der Waals surface area contributed by atoms with E-state index in [1.165, 1.54) is 0 Å². The lowest BCUT2D eigenvalue weighted by Gasteiger charge is -2.19. The monoisotopic (exact) mass is 284 g/mol. The lowest BCUT2D eigenvalue weighted by Crippen LogP contribution is -2.37. The summed E-state index contributed by atoms with van der Waals surface area (Å²) >= 11 is 3.45. The molecule has 1 aliphatic rings. The third kappa shape index (κ3) is 2.97. The highest BCUT2D eigenvalue weighted by molar-refractivity contribution is 9.10. The van der Waals surface area contributed by atoms with Crippen molar-refractivity contribution in [1.29, 1.82) is 0 Å². The Morgan fingerprint density at radius 2 is 2.31 bits per heavy atom. The summed E-state index contributed by atoms with van der Waals surface area (Å²) in [5.74, 6) is 1.41. The standard InChI is InChI=1S/C12H17BrN2O/c13-10-3-1-2-4-12(10)16-8-11(14)9-5-6-15-7-9/h1-4,9,11,15H,5-8,14H2. The van der Waals surface area contributed by atoms with Gasteiger partial charge in [-0.1, -0.05) is 12.1 Å². The van der Waals surface area contributed by atoms with Crippen LogP contribution in [0, 0.1) is 5.92 Å². The summed E-state index contributed by atoms with van der Waals surface area (Å²) in [4.78, 5) is 0. The molecule has 0 spiro atoms. The minimum atomic E-state index is 0.113. The minimum Gasteiger partial charge on any atom is -0.491 e. The number of nitrogens with two attached hydrogens (primary N) is 1. The molecule has 1 aromatic carbocycles. The predicted octanol–water partition coefficient (Wildman–Crippen LogP) is 1.76. The van der Waals surface area contributed by atoms with Crippen LogP contribution < -0.4 is 15.8 Å². The normalized spacial score (nSPS) is 22.0. The van der Waals surface area contributed by atoms with Gasteiger partial charge in [0, 0.05) is 6.04 Å². The Labute approximate surface area is 104 Å². The number of para-hydroxylation sites is 1. The van der Waals surface area contributed by atoms with Crippen LogP contribution in [0.2, 0.25) is 0 Å². The number of nitrogens with one attached hydrogen (secondary N) is 1. The zero-order valence-electron chi connectivity index (χ0n) is 9.16. The molecule has 0 amide bonds. The Kier molecular flexibility index (Phi) is 4.21. The van der Waals surface area contributed by atoms with Crippen LogP contribution in [0.4, 0.5) is 0 Å². The zero-order chi connectivity index (χ0) is 11.4. The summed E-state index contributed by atoms with van der Waals surface area (Å²) in [5, 5.41) is 3.32. The van der Waals surface area contributed by atoms with Gasteiger partial charge in [-0.15, -0.1) is 0 Å². The van der Waals surface area contributed by atoms with Crippen LogP contribution in [-0.2, 0) is 0 Å². The van der Waals surface area contributed by atoms with Crippen molar-refractivity contribution < 1.29 is 4.74 Å². The van der Waals surface area contributed by atoms with Gasteiger partial charge in [-0.05, 0) is 53.5 Å². The van der Waals surface area contributed by atoms with E-state index in [9.17, 15) is 0 Å². The van der Waals surface area contributed by atoms with Crippen LogP contribution in [0.3, 0.4) is 0 Å². The van der Waals surface area contributed by atoms with E-state index >= 15 is 0 Å². The maximum Gasteiger partial charge on any atom is 0.133 e. The van der Waals surface area contributed by atoms with E-state index < -0.39 is 0 Å². The Morgan fingerprint density at radius 3 is 3.00 bits per heavy atom. The van der Waals surface area contributed by atoms with Gasteiger partial charge in [0.25, 0.3) is 0 Å². The molecule has 0 aliphatic carbocycles. The first kappa shape index (κ1) is 11.9. The maximum absolute atomic E-state index is 6.10. The fourth-order valence-corrected chi connectivity index (χ4v) is 2.33. The quantitative estimate of drug-likeness (QED) is 0.886. The Morgan fingerprint density at radius 1 is 1.50 bits per heavy atom. The van der Waals surface area contributed by atoms with Gasteiger partial charge >= 0.3 is 0 Å². The third-order valence-electron chi connectivity index (χ3n) is 2.97. The number of hydrogen-bond acceptors (Lipinski definition) is 3. The third-order valence-corrected chi connectivity index (χ3v) is 3.63. The van der Waals surface area contributed by atoms with Gasteiger partial charge in [0.15, 0.2) is 0 Å². The second-order valence-corrected chi connectivity index (χ2v) is 5.01. The second-order valence-electron chi connectivity index (χ2n) is 4.16. The average Bonchev–Trinajstić information content (AvgIpc) is 2.81. The van der Waals surface area contributed by atoms with E-state index in [4.69, 9.17) is 10.5 Å². The largest absolute Gasteiger partial charge is 0.491 e. The van der Waals surface area contributed by atoms with Gasteiger partial charge in [0.05, 0.1) is 4.47 Å². The number of benzene rings is 1. The summed E-state index contributed by atoms with van der Waals surface area (Å²) in [5.41, 5.74) is 6.10. The first-order chi connectivity index (χ1) is 7.77. The Bertz CT molecular complexity index is 340.